The van der Waals surface area contributed by atoms with Crippen LogP contribution < -0.4 is 10.6 Å². The van der Waals surface area contributed by atoms with Crippen molar-refractivity contribution in [2.24, 2.45) is 0 Å². The highest BCUT2D eigenvalue weighted by Crippen LogP contribution is 2.21. The molecule has 0 unspecified atom stereocenters. The van der Waals surface area contributed by atoms with Crippen molar-refractivity contribution in [3.63, 3.8) is 0 Å². The van der Waals surface area contributed by atoms with Gasteiger partial charge in [0.2, 0.25) is 0 Å². The number of carboxylic acid groups (broad SMARTS) is 1. The van der Waals surface area contributed by atoms with Crippen LogP contribution in [-0.4, -0.2) is 27.2 Å². The van der Waals surface area contributed by atoms with Crippen molar-refractivity contribution in [1.82, 2.24) is 5.32 Å². The van der Waals surface area contributed by atoms with Gasteiger partial charge < -0.3 is 15.5 Å². The summed E-state index contributed by atoms with van der Waals surface area (Å²) in [6, 6.07) is 11.0. The van der Waals surface area contributed by atoms with Crippen LogP contribution in [0.1, 0.15) is 26.3 Å². The minimum absolute atomic E-state index is 0.0280. The summed E-state index contributed by atoms with van der Waals surface area (Å²) in [4.78, 5) is 23.1. The van der Waals surface area contributed by atoms with E-state index in [2.05, 4.69) is 10.6 Å². The number of benzene rings is 2. The highest BCUT2D eigenvalue weighted by Gasteiger charge is 2.13. The normalized spacial score (nSPS) is 9.96. The van der Waals surface area contributed by atoms with Gasteiger partial charge in [-0.3, -0.25) is 10.1 Å². The van der Waals surface area contributed by atoms with Crippen LogP contribution in [0.15, 0.2) is 42.5 Å². The van der Waals surface area contributed by atoms with Gasteiger partial charge in [-0.25, -0.2) is 4.79 Å². The van der Waals surface area contributed by atoms with E-state index >= 15 is 0 Å². The number of aromatic hydroxyl groups is 1. The van der Waals surface area contributed by atoms with Gasteiger partial charge in [-0.05, 0) is 49.0 Å². The van der Waals surface area contributed by atoms with E-state index in [9.17, 15) is 14.7 Å². The summed E-state index contributed by atoms with van der Waals surface area (Å²) in [6.07, 6.45) is 0. The van der Waals surface area contributed by atoms with Gasteiger partial charge in [0, 0.05) is 11.3 Å². The zero-order valence-corrected chi connectivity index (χ0v) is 13.0. The van der Waals surface area contributed by atoms with Gasteiger partial charge in [-0.2, -0.15) is 0 Å². The van der Waals surface area contributed by atoms with Gasteiger partial charge in [0.15, 0.2) is 5.11 Å². The number of carbonyl (C=O) groups excluding carboxylic acids is 1. The van der Waals surface area contributed by atoms with Crippen molar-refractivity contribution in [1.29, 1.82) is 0 Å². The average Bonchev–Trinajstić information content (AvgIpc) is 2.49. The van der Waals surface area contributed by atoms with E-state index in [4.69, 9.17) is 17.3 Å². The Balaban J connectivity index is 2.08. The molecule has 0 bridgehead atoms. The number of hydrogen-bond donors (Lipinski definition) is 4. The van der Waals surface area contributed by atoms with Crippen LogP contribution in [0.2, 0.25) is 0 Å². The van der Waals surface area contributed by atoms with Gasteiger partial charge in [-0.1, -0.05) is 18.2 Å². The summed E-state index contributed by atoms with van der Waals surface area (Å²) in [5.41, 5.74) is 1.39. The number of hydrogen-bond acceptors (Lipinski definition) is 4. The molecule has 2 aromatic carbocycles. The Morgan fingerprint density at radius 3 is 2.43 bits per heavy atom. The second-order valence-corrected chi connectivity index (χ2v) is 5.17. The molecule has 0 heterocycles. The minimum atomic E-state index is -1.26. The summed E-state index contributed by atoms with van der Waals surface area (Å²) >= 11 is 5.04. The standard InChI is InChI=1S/C16H14N2O4S/c1-9-4-2-3-5-11(9)14(20)18-16(23)17-10-6-7-13(19)12(8-10)15(21)22/h2-8,19H,1H3,(H,21,22)(H2,17,18,20,23). The molecule has 118 valence electrons. The lowest BCUT2D eigenvalue weighted by Gasteiger charge is -2.11. The Morgan fingerprint density at radius 1 is 1.09 bits per heavy atom. The molecule has 2 rings (SSSR count). The number of carbonyl (C=O) groups is 2. The number of aryl methyl sites for hydroxylation is 1. The van der Waals surface area contributed by atoms with Crippen LogP contribution in [0.25, 0.3) is 0 Å². The fourth-order valence-corrected chi connectivity index (χ4v) is 2.16. The van der Waals surface area contributed by atoms with Gasteiger partial charge >= 0.3 is 5.97 Å². The molecule has 0 aliphatic rings. The predicted octanol–water partition coefficient (Wildman–Crippen LogP) is 2.53. The third-order valence-corrected chi connectivity index (χ3v) is 3.31. The molecule has 7 heteroatoms. The highest BCUT2D eigenvalue weighted by molar-refractivity contribution is 7.80. The van der Waals surface area contributed by atoms with Gasteiger partial charge in [0.1, 0.15) is 11.3 Å². The summed E-state index contributed by atoms with van der Waals surface area (Å²) in [7, 11) is 0. The van der Waals surface area contributed by atoms with Crippen molar-refractivity contribution in [3.05, 3.63) is 59.2 Å². The van der Waals surface area contributed by atoms with E-state index in [0.717, 1.165) is 5.56 Å². The van der Waals surface area contributed by atoms with Crippen molar-refractivity contribution >= 4 is 34.9 Å². The van der Waals surface area contributed by atoms with Gasteiger partial charge in [0.25, 0.3) is 5.91 Å². The summed E-state index contributed by atoms with van der Waals surface area (Å²) in [5.74, 6) is -1.98. The summed E-state index contributed by atoms with van der Waals surface area (Å²) in [6.45, 7) is 1.81. The number of thiocarbonyl (C=S) groups is 1. The first kappa shape index (κ1) is 16.4. The van der Waals surface area contributed by atoms with E-state index < -0.39 is 5.97 Å². The first-order valence-corrected chi connectivity index (χ1v) is 7.03. The van der Waals surface area contributed by atoms with E-state index in [1.54, 1.807) is 12.1 Å². The lowest BCUT2D eigenvalue weighted by atomic mass is 10.1. The minimum Gasteiger partial charge on any atom is -0.507 e. The lowest BCUT2D eigenvalue weighted by molar-refractivity contribution is 0.0693. The fraction of sp³-hybridized carbons (Fsp3) is 0.0625. The molecule has 2 aromatic rings. The quantitative estimate of drug-likeness (QED) is 0.510. The van der Waals surface area contributed by atoms with Crippen molar-refractivity contribution in [3.8, 4) is 5.75 Å². The Morgan fingerprint density at radius 2 is 1.78 bits per heavy atom. The van der Waals surface area contributed by atoms with Crippen LogP contribution in [0.5, 0.6) is 5.75 Å². The maximum absolute atomic E-state index is 12.1. The highest BCUT2D eigenvalue weighted by atomic mass is 32.1. The van der Waals surface area contributed by atoms with Crippen molar-refractivity contribution < 1.29 is 19.8 Å². The van der Waals surface area contributed by atoms with E-state index in [0.29, 0.717) is 11.3 Å². The maximum Gasteiger partial charge on any atom is 0.339 e. The van der Waals surface area contributed by atoms with Gasteiger partial charge in [0.05, 0.1) is 0 Å². The van der Waals surface area contributed by atoms with Crippen LogP contribution in [0.3, 0.4) is 0 Å². The molecule has 0 aliphatic carbocycles. The van der Waals surface area contributed by atoms with Crippen LogP contribution in [-0.2, 0) is 0 Å². The molecule has 0 saturated heterocycles. The molecule has 0 fully saturated rings. The number of carboxylic acids is 1. The molecule has 23 heavy (non-hydrogen) atoms. The molecule has 0 aliphatic heterocycles. The van der Waals surface area contributed by atoms with Crippen LogP contribution in [0.4, 0.5) is 5.69 Å². The summed E-state index contributed by atoms with van der Waals surface area (Å²) in [5, 5.41) is 23.7. The Hall–Kier alpha value is -2.93. The van der Waals surface area contributed by atoms with Crippen molar-refractivity contribution in [2.45, 2.75) is 6.92 Å². The lowest BCUT2D eigenvalue weighted by Crippen LogP contribution is -2.34. The molecule has 0 saturated carbocycles. The third kappa shape index (κ3) is 4.04. The second kappa shape index (κ2) is 6.89. The number of anilines is 1. The number of nitrogens with one attached hydrogen (secondary N) is 2. The first-order valence-electron chi connectivity index (χ1n) is 6.62. The topological polar surface area (TPSA) is 98.7 Å². The third-order valence-electron chi connectivity index (χ3n) is 3.10. The molecule has 6 nitrogen and oxygen atoms in total. The smallest absolute Gasteiger partial charge is 0.339 e. The first-order chi connectivity index (χ1) is 10.9. The number of rotatable bonds is 3. The molecular formula is C16H14N2O4S. The second-order valence-electron chi connectivity index (χ2n) is 4.76. The molecule has 4 N–H and O–H groups in total. The van der Waals surface area contributed by atoms with E-state index in [1.165, 1.54) is 18.2 Å². The largest absolute Gasteiger partial charge is 0.507 e. The molecule has 0 spiro atoms. The fourth-order valence-electron chi connectivity index (χ4n) is 1.95. The molecule has 0 aromatic heterocycles. The molecule has 1 amide bonds. The zero-order valence-electron chi connectivity index (χ0n) is 12.2. The number of amides is 1. The SMILES string of the molecule is Cc1ccccc1C(=O)NC(=S)Nc1ccc(O)c(C(=O)O)c1. The van der Waals surface area contributed by atoms with Gasteiger partial charge in [-0.15, -0.1) is 0 Å². The predicted molar refractivity (Wildman–Crippen MR) is 89.9 cm³/mol. The molecule has 0 radical (unpaired) electrons. The Labute approximate surface area is 137 Å². The summed E-state index contributed by atoms with van der Waals surface area (Å²) < 4.78 is 0. The van der Waals surface area contributed by atoms with Crippen molar-refractivity contribution in [2.75, 3.05) is 5.32 Å². The Bertz CT molecular complexity index is 789. The zero-order chi connectivity index (χ0) is 17.0. The van der Waals surface area contributed by atoms with Crippen LogP contribution >= 0.6 is 12.2 Å². The maximum atomic E-state index is 12.1. The number of aromatic carboxylic acids is 1. The monoisotopic (exact) mass is 330 g/mol. The molecular weight excluding hydrogens is 316 g/mol. The van der Waals surface area contributed by atoms with E-state index in [1.807, 2.05) is 19.1 Å². The Kier molecular flexibility index (Phi) is 4.92. The number of phenols is 1. The van der Waals surface area contributed by atoms with Crippen LogP contribution in [0, 0.1) is 6.92 Å². The molecule has 0 atom stereocenters. The van der Waals surface area contributed by atoms with E-state index in [-0.39, 0.29) is 22.3 Å². The average molecular weight is 330 g/mol.